The van der Waals surface area contributed by atoms with Gasteiger partial charge in [0.2, 0.25) is 10.0 Å². The molecule has 4 rings (SSSR count). The number of sulfonamides is 1. The van der Waals surface area contributed by atoms with Gasteiger partial charge in [0, 0.05) is 18.7 Å². The number of hydrogen-bond acceptors (Lipinski definition) is 6. The molecule has 0 saturated carbocycles. The zero-order valence-corrected chi connectivity index (χ0v) is 17.0. The van der Waals surface area contributed by atoms with Gasteiger partial charge >= 0.3 is 0 Å². The van der Waals surface area contributed by atoms with Crippen LogP contribution in [0, 0.1) is 5.92 Å². The van der Waals surface area contributed by atoms with Crippen LogP contribution in [0.25, 0.3) is 10.2 Å². The molecule has 0 bridgehead atoms. The number of fused-ring (bicyclic) bond motifs is 1. The second-order valence-electron chi connectivity index (χ2n) is 6.95. The molecule has 146 valence electrons. The van der Waals surface area contributed by atoms with Gasteiger partial charge in [-0.25, -0.2) is 18.4 Å². The minimum atomic E-state index is -3.54. The molecule has 0 unspecified atom stereocenters. The van der Waals surface area contributed by atoms with E-state index in [0.717, 1.165) is 23.1 Å². The van der Waals surface area contributed by atoms with E-state index in [9.17, 15) is 13.2 Å². The number of hydrogen-bond donors (Lipinski definition) is 1. The van der Waals surface area contributed by atoms with Crippen molar-refractivity contribution in [1.29, 1.82) is 0 Å². The second kappa shape index (κ2) is 7.57. The van der Waals surface area contributed by atoms with E-state index in [-0.39, 0.29) is 10.8 Å². The van der Waals surface area contributed by atoms with Crippen molar-refractivity contribution in [2.75, 3.05) is 18.4 Å². The number of aromatic nitrogens is 2. The van der Waals surface area contributed by atoms with Crippen LogP contribution < -0.4 is 5.32 Å². The Morgan fingerprint density at radius 3 is 2.75 bits per heavy atom. The monoisotopic (exact) mass is 416 g/mol. The van der Waals surface area contributed by atoms with Crippen molar-refractivity contribution in [3.63, 3.8) is 0 Å². The highest BCUT2D eigenvalue weighted by Crippen LogP contribution is 2.25. The maximum absolute atomic E-state index is 12.8. The number of amides is 1. The predicted octanol–water partition coefficient (Wildman–Crippen LogP) is 3.36. The number of nitrogens with zero attached hydrogens (tertiary/aromatic N) is 3. The molecule has 0 spiro atoms. The summed E-state index contributed by atoms with van der Waals surface area (Å²) in [5, 5.41) is 5.43. The molecule has 7 nitrogen and oxygen atoms in total. The van der Waals surface area contributed by atoms with Crippen LogP contribution in [0.5, 0.6) is 0 Å². The lowest BCUT2D eigenvalue weighted by atomic mass is 10.0. The largest absolute Gasteiger partial charge is 0.306 e. The van der Waals surface area contributed by atoms with Gasteiger partial charge in [-0.3, -0.25) is 4.79 Å². The number of carbonyl (C=O) groups is 1. The Kier molecular flexibility index (Phi) is 5.13. The van der Waals surface area contributed by atoms with Gasteiger partial charge < -0.3 is 5.32 Å². The van der Waals surface area contributed by atoms with E-state index in [0.29, 0.717) is 30.4 Å². The Morgan fingerprint density at radius 1 is 1.21 bits per heavy atom. The molecule has 1 aliphatic heterocycles. The SMILES string of the molecule is C[C@H]1CCCN(S(=O)(=O)c2ccc(C(=O)Nc3ncnc4sccc34)cc2)C1. The van der Waals surface area contributed by atoms with E-state index in [4.69, 9.17) is 0 Å². The fourth-order valence-electron chi connectivity index (χ4n) is 3.36. The fourth-order valence-corrected chi connectivity index (χ4v) is 5.69. The topological polar surface area (TPSA) is 92.3 Å². The first-order valence-corrected chi connectivity index (χ1v) is 11.4. The average Bonchev–Trinajstić information content (AvgIpc) is 3.18. The highest BCUT2D eigenvalue weighted by molar-refractivity contribution is 7.89. The molecular formula is C19H20N4O3S2. The number of thiophene rings is 1. The summed E-state index contributed by atoms with van der Waals surface area (Å²) in [5.74, 6) is 0.451. The summed E-state index contributed by atoms with van der Waals surface area (Å²) in [6, 6.07) is 7.89. The van der Waals surface area contributed by atoms with Crippen molar-refractivity contribution < 1.29 is 13.2 Å². The van der Waals surface area contributed by atoms with Crippen molar-refractivity contribution in [1.82, 2.24) is 14.3 Å². The van der Waals surface area contributed by atoms with E-state index in [1.54, 1.807) is 0 Å². The summed E-state index contributed by atoms with van der Waals surface area (Å²) < 4.78 is 27.2. The van der Waals surface area contributed by atoms with Crippen LogP contribution in [-0.2, 0) is 10.0 Å². The summed E-state index contributed by atoms with van der Waals surface area (Å²) in [6.45, 7) is 3.14. The Hall–Kier alpha value is -2.36. The Balaban J connectivity index is 1.52. The molecule has 28 heavy (non-hydrogen) atoms. The third-order valence-corrected chi connectivity index (χ3v) is 7.57. The predicted molar refractivity (Wildman–Crippen MR) is 109 cm³/mol. The first-order valence-electron chi connectivity index (χ1n) is 9.05. The highest BCUT2D eigenvalue weighted by atomic mass is 32.2. The van der Waals surface area contributed by atoms with Gasteiger partial charge in [0.15, 0.2) is 0 Å². The summed E-state index contributed by atoms with van der Waals surface area (Å²) in [4.78, 5) is 21.8. The molecule has 1 fully saturated rings. The van der Waals surface area contributed by atoms with Crippen molar-refractivity contribution >= 4 is 43.3 Å². The summed E-state index contributed by atoms with van der Waals surface area (Å²) in [5.41, 5.74) is 0.368. The van der Waals surface area contributed by atoms with Crippen LogP contribution in [0.15, 0.2) is 46.9 Å². The summed E-state index contributed by atoms with van der Waals surface area (Å²) in [6.07, 6.45) is 3.33. The molecule has 1 atom stereocenters. The number of benzene rings is 1. The smallest absolute Gasteiger partial charge is 0.256 e. The molecule has 3 heterocycles. The molecule has 1 aromatic carbocycles. The first-order chi connectivity index (χ1) is 13.4. The van der Waals surface area contributed by atoms with Gasteiger partial charge in [0.05, 0.1) is 10.3 Å². The second-order valence-corrected chi connectivity index (χ2v) is 9.78. The Labute approximate surface area is 167 Å². The number of piperidine rings is 1. The average molecular weight is 417 g/mol. The molecule has 0 radical (unpaired) electrons. The van der Waals surface area contributed by atoms with Gasteiger partial charge in [0.1, 0.15) is 17.0 Å². The molecule has 9 heteroatoms. The van der Waals surface area contributed by atoms with Gasteiger partial charge in [-0.2, -0.15) is 4.31 Å². The van der Waals surface area contributed by atoms with Crippen LogP contribution in [0.4, 0.5) is 5.82 Å². The molecule has 2 aromatic heterocycles. The van der Waals surface area contributed by atoms with Crippen LogP contribution in [0.2, 0.25) is 0 Å². The zero-order chi connectivity index (χ0) is 19.7. The molecule has 0 aliphatic carbocycles. The molecule has 1 saturated heterocycles. The Bertz CT molecular complexity index is 1110. The molecule has 1 amide bonds. The number of nitrogens with one attached hydrogen (secondary N) is 1. The standard InChI is InChI=1S/C19H20N4O3S2/c1-13-3-2-9-23(11-13)28(25,26)15-6-4-14(5-7-15)18(24)22-17-16-8-10-27-19(16)21-12-20-17/h4-8,10,12-13H,2-3,9,11H2,1H3,(H,20,21,22,24)/t13-/m0/s1. The van der Waals surface area contributed by atoms with Crippen molar-refractivity contribution in [3.8, 4) is 0 Å². The maximum Gasteiger partial charge on any atom is 0.256 e. The van der Waals surface area contributed by atoms with E-state index in [1.807, 2.05) is 11.4 Å². The number of anilines is 1. The fraction of sp³-hybridized carbons (Fsp3) is 0.316. The first kappa shape index (κ1) is 19.0. The third-order valence-electron chi connectivity index (χ3n) is 4.87. The zero-order valence-electron chi connectivity index (χ0n) is 15.3. The quantitative estimate of drug-likeness (QED) is 0.704. The Morgan fingerprint density at radius 2 is 2.00 bits per heavy atom. The molecular weight excluding hydrogens is 396 g/mol. The van der Waals surface area contributed by atoms with Gasteiger partial charge in [-0.1, -0.05) is 6.92 Å². The number of rotatable bonds is 4. The van der Waals surface area contributed by atoms with Gasteiger partial charge in [0.25, 0.3) is 5.91 Å². The normalized spacial score (nSPS) is 18.2. The summed E-state index contributed by atoms with van der Waals surface area (Å²) in [7, 11) is -3.54. The lowest BCUT2D eigenvalue weighted by molar-refractivity contribution is 0.102. The summed E-state index contributed by atoms with van der Waals surface area (Å²) >= 11 is 1.47. The van der Waals surface area contributed by atoms with E-state index < -0.39 is 10.0 Å². The molecule has 3 aromatic rings. The van der Waals surface area contributed by atoms with Crippen LogP contribution >= 0.6 is 11.3 Å². The molecule has 1 N–H and O–H groups in total. The van der Waals surface area contributed by atoms with Crippen LogP contribution in [0.3, 0.4) is 0 Å². The van der Waals surface area contributed by atoms with Crippen LogP contribution in [0.1, 0.15) is 30.1 Å². The third kappa shape index (κ3) is 3.65. The van der Waals surface area contributed by atoms with E-state index in [2.05, 4.69) is 22.2 Å². The maximum atomic E-state index is 12.8. The lowest BCUT2D eigenvalue weighted by Crippen LogP contribution is -2.39. The van der Waals surface area contributed by atoms with E-state index in [1.165, 1.54) is 46.2 Å². The number of carbonyl (C=O) groups excluding carboxylic acids is 1. The minimum absolute atomic E-state index is 0.209. The van der Waals surface area contributed by atoms with Gasteiger partial charge in [-0.15, -0.1) is 11.3 Å². The van der Waals surface area contributed by atoms with Gasteiger partial charge in [-0.05, 0) is 54.5 Å². The van der Waals surface area contributed by atoms with E-state index >= 15 is 0 Å². The van der Waals surface area contributed by atoms with Crippen molar-refractivity contribution in [3.05, 3.63) is 47.6 Å². The highest BCUT2D eigenvalue weighted by Gasteiger charge is 2.28. The molecule has 1 aliphatic rings. The van der Waals surface area contributed by atoms with Crippen molar-refractivity contribution in [2.45, 2.75) is 24.7 Å². The van der Waals surface area contributed by atoms with Crippen LogP contribution in [-0.4, -0.2) is 41.7 Å². The minimum Gasteiger partial charge on any atom is -0.306 e. The lowest BCUT2D eigenvalue weighted by Gasteiger charge is -2.30. The van der Waals surface area contributed by atoms with Crippen molar-refractivity contribution in [2.24, 2.45) is 5.92 Å².